The third-order valence-corrected chi connectivity index (χ3v) is 12.4. The second kappa shape index (κ2) is 57.2. The van der Waals surface area contributed by atoms with Crippen molar-refractivity contribution in [3.05, 3.63) is 85.1 Å². The lowest BCUT2D eigenvalue weighted by atomic mass is 10.1. The van der Waals surface area contributed by atoms with Crippen molar-refractivity contribution in [1.29, 1.82) is 0 Å². The van der Waals surface area contributed by atoms with E-state index in [4.69, 9.17) is 14.2 Å². The Bertz CT molecular complexity index is 1330. The molecule has 0 spiro atoms. The van der Waals surface area contributed by atoms with Gasteiger partial charge in [0.25, 0.3) is 0 Å². The number of allylic oxidation sites excluding steroid dienone is 14. The van der Waals surface area contributed by atoms with Crippen LogP contribution in [0, 0.1) is 0 Å². The molecule has 0 heterocycles. The van der Waals surface area contributed by atoms with Crippen molar-refractivity contribution < 1.29 is 28.6 Å². The summed E-state index contributed by atoms with van der Waals surface area (Å²) in [5.41, 5.74) is 0. The number of hydrogen-bond donors (Lipinski definition) is 0. The molecule has 0 aromatic rings. The average Bonchev–Trinajstić information content (AvgIpc) is 3.35. The first-order chi connectivity index (χ1) is 34.0. The molecule has 0 N–H and O–H groups in total. The monoisotopic (exact) mass is 961 g/mol. The SMILES string of the molecule is CC/C=C\C/C=C\C/C=C\C/C=C\CCCCCCCCC(=O)OC(COC(=O)CCCCCCCCC)COC(=O)CCCCCCCCCCCC/C=C\C/C=C\C/C=C\CCCCCCC. The van der Waals surface area contributed by atoms with Gasteiger partial charge in [0, 0.05) is 19.3 Å². The highest BCUT2D eigenvalue weighted by Gasteiger charge is 2.19. The van der Waals surface area contributed by atoms with Crippen LogP contribution in [0.25, 0.3) is 0 Å². The fraction of sp³-hybridized carbons (Fsp3) is 0.730. The van der Waals surface area contributed by atoms with Crippen LogP contribution in [0.3, 0.4) is 0 Å². The first kappa shape index (κ1) is 65.6. The molecule has 0 rings (SSSR count). The predicted molar refractivity (Wildman–Crippen MR) is 297 cm³/mol. The summed E-state index contributed by atoms with van der Waals surface area (Å²) in [6.45, 7) is 6.47. The average molecular weight is 962 g/mol. The van der Waals surface area contributed by atoms with E-state index in [0.29, 0.717) is 19.3 Å². The summed E-state index contributed by atoms with van der Waals surface area (Å²) in [6, 6.07) is 0. The summed E-state index contributed by atoms with van der Waals surface area (Å²) in [5, 5.41) is 0. The van der Waals surface area contributed by atoms with Gasteiger partial charge in [0.1, 0.15) is 13.2 Å². The first-order valence-electron chi connectivity index (χ1n) is 29.1. The molecule has 69 heavy (non-hydrogen) atoms. The van der Waals surface area contributed by atoms with Crippen molar-refractivity contribution in [2.75, 3.05) is 13.2 Å². The molecule has 0 aliphatic rings. The maximum Gasteiger partial charge on any atom is 0.306 e. The van der Waals surface area contributed by atoms with Gasteiger partial charge in [-0.2, -0.15) is 0 Å². The minimum atomic E-state index is -0.784. The zero-order valence-corrected chi connectivity index (χ0v) is 45.3. The molecule has 6 heteroatoms. The van der Waals surface area contributed by atoms with Gasteiger partial charge in [-0.1, -0.05) is 247 Å². The van der Waals surface area contributed by atoms with Gasteiger partial charge >= 0.3 is 17.9 Å². The molecule has 0 aromatic carbocycles. The van der Waals surface area contributed by atoms with Gasteiger partial charge in [0.15, 0.2) is 6.10 Å². The Morgan fingerprint density at radius 3 is 0.884 bits per heavy atom. The standard InChI is InChI=1S/C63H108O6/c1-4-7-10-13-16-18-20-22-24-26-28-29-30-31-32-33-35-36-38-40-42-44-47-50-53-56-62(65)68-59-60(58-67-61(64)55-52-49-46-15-12-9-6-3)69-63(66)57-54-51-48-45-43-41-39-37-34-27-25-23-21-19-17-14-11-8-5-2/h8,11,17,19-20,22-23,25-26,28,30-31,34,37,60H,4-7,9-10,12-16,18,21,24,27,29,32-33,35-36,38-59H2,1-3H3/b11-8-,19-17-,22-20-,25-23-,28-26-,31-30-,37-34-. The smallest absolute Gasteiger partial charge is 0.306 e. The van der Waals surface area contributed by atoms with Crippen LogP contribution in [0.5, 0.6) is 0 Å². The van der Waals surface area contributed by atoms with Gasteiger partial charge in [-0.25, -0.2) is 0 Å². The molecule has 0 aliphatic carbocycles. The zero-order chi connectivity index (χ0) is 50.0. The van der Waals surface area contributed by atoms with E-state index in [9.17, 15) is 14.4 Å². The molecule has 0 bridgehead atoms. The van der Waals surface area contributed by atoms with Crippen LogP contribution in [-0.4, -0.2) is 37.2 Å². The number of hydrogen-bond acceptors (Lipinski definition) is 6. The normalized spacial score (nSPS) is 12.7. The lowest BCUT2D eigenvalue weighted by molar-refractivity contribution is -0.167. The fourth-order valence-corrected chi connectivity index (χ4v) is 8.03. The van der Waals surface area contributed by atoms with Crippen LogP contribution in [0.1, 0.15) is 278 Å². The topological polar surface area (TPSA) is 78.9 Å². The third-order valence-electron chi connectivity index (χ3n) is 12.4. The van der Waals surface area contributed by atoms with Crippen LogP contribution >= 0.6 is 0 Å². The molecular weight excluding hydrogens is 853 g/mol. The molecule has 396 valence electrons. The number of ether oxygens (including phenoxy) is 3. The highest BCUT2D eigenvalue weighted by molar-refractivity contribution is 5.71. The van der Waals surface area contributed by atoms with Gasteiger partial charge < -0.3 is 14.2 Å². The minimum Gasteiger partial charge on any atom is -0.462 e. The first-order valence-corrected chi connectivity index (χ1v) is 29.1. The second-order valence-electron chi connectivity index (χ2n) is 19.2. The summed E-state index contributed by atoms with van der Waals surface area (Å²) in [5.74, 6) is -0.903. The second-order valence-corrected chi connectivity index (χ2v) is 19.2. The van der Waals surface area contributed by atoms with Crippen LogP contribution in [0.2, 0.25) is 0 Å². The molecule has 6 nitrogen and oxygen atoms in total. The van der Waals surface area contributed by atoms with E-state index in [1.54, 1.807) is 0 Å². The number of carbonyl (C=O) groups is 3. The third kappa shape index (κ3) is 55.4. The van der Waals surface area contributed by atoms with Crippen molar-refractivity contribution in [2.24, 2.45) is 0 Å². The van der Waals surface area contributed by atoms with Gasteiger partial charge in [-0.3, -0.25) is 14.4 Å². The summed E-state index contributed by atoms with van der Waals surface area (Å²) in [7, 11) is 0. The Kier molecular flexibility index (Phi) is 54.3. The number of unbranched alkanes of at least 4 members (excludes halogenated alkanes) is 27. The van der Waals surface area contributed by atoms with Crippen LogP contribution < -0.4 is 0 Å². The van der Waals surface area contributed by atoms with Crippen LogP contribution in [-0.2, 0) is 28.6 Å². The lowest BCUT2D eigenvalue weighted by Crippen LogP contribution is -2.30. The van der Waals surface area contributed by atoms with Crippen LogP contribution in [0.15, 0.2) is 85.1 Å². The molecule has 0 amide bonds. The lowest BCUT2D eigenvalue weighted by Gasteiger charge is -2.18. The van der Waals surface area contributed by atoms with Crippen molar-refractivity contribution in [1.82, 2.24) is 0 Å². The molecule has 0 radical (unpaired) electrons. The number of esters is 3. The Hall–Kier alpha value is -3.41. The van der Waals surface area contributed by atoms with E-state index in [-0.39, 0.29) is 31.1 Å². The highest BCUT2D eigenvalue weighted by atomic mass is 16.6. The molecule has 0 saturated carbocycles. The summed E-state index contributed by atoms with van der Waals surface area (Å²) in [6.07, 6.45) is 74.5. The van der Waals surface area contributed by atoms with E-state index in [1.807, 2.05) is 0 Å². The predicted octanol–water partition coefficient (Wildman–Crippen LogP) is 19.5. The molecule has 0 aromatic heterocycles. The largest absolute Gasteiger partial charge is 0.462 e. The van der Waals surface area contributed by atoms with E-state index >= 15 is 0 Å². The van der Waals surface area contributed by atoms with Crippen LogP contribution in [0.4, 0.5) is 0 Å². The molecule has 1 unspecified atom stereocenters. The summed E-state index contributed by atoms with van der Waals surface area (Å²) in [4.78, 5) is 38.0. The molecule has 0 saturated heterocycles. The maximum atomic E-state index is 12.8. The van der Waals surface area contributed by atoms with Crippen molar-refractivity contribution in [3.8, 4) is 0 Å². The molecule has 1 atom stereocenters. The molecule has 0 aliphatic heterocycles. The zero-order valence-electron chi connectivity index (χ0n) is 45.3. The van der Waals surface area contributed by atoms with E-state index < -0.39 is 6.10 Å². The summed E-state index contributed by atoms with van der Waals surface area (Å²) >= 11 is 0. The van der Waals surface area contributed by atoms with E-state index in [2.05, 4.69) is 106 Å². The van der Waals surface area contributed by atoms with Gasteiger partial charge in [0.05, 0.1) is 0 Å². The Labute approximate surface area is 426 Å². The van der Waals surface area contributed by atoms with Gasteiger partial charge in [-0.05, 0) is 96.3 Å². The fourth-order valence-electron chi connectivity index (χ4n) is 8.03. The quantitative estimate of drug-likeness (QED) is 0.0262. The summed E-state index contributed by atoms with van der Waals surface area (Å²) < 4.78 is 16.8. The van der Waals surface area contributed by atoms with Crippen molar-refractivity contribution in [2.45, 2.75) is 284 Å². The maximum absolute atomic E-state index is 12.8. The molecule has 0 fully saturated rings. The van der Waals surface area contributed by atoms with E-state index in [1.165, 1.54) is 128 Å². The molecular formula is C63H108O6. The van der Waals surface area contributed by atoms with E-state index in [0.717, 1.165) is 109 Å². The minimum absolute atomic E-state index is 0.0830. The van der Waals surface area contributed by atoms with Gasteiger partial charge in [0.2, 0.25) is 0 Å². The number of rotatable bonds is 52. The Morgan fingerprint density at radius 2 is 0.565 bits per heavy atom. The number of carbonyl (C=O) groups excluding carboxylic acids is 3. The van der Waals surface area contributed by atoms with Gasteiger partial charge in [-0.15, -0.1) is 0 Å². The highest BCUT2D eigenvalue weighted by Crippen LogP contribution is 2.15. The van der Waals surface area contributed by atoms with Crippen molar-refractivity contribution >= 4 is 17.9 Å². The Morgan fingerprint density at radius 1 is 0.304 bits per heavy atom. The Balaban J connectivity index is 4.21. The van der Waals surface area contributed by atoms with Crippen molar-refractivity contribution in [3.63, 3.8) is 0 Å².